The first-order valence-corrected chi connectivity index (χ1v) is 9.60. The summed E-state index contributed by atoms with van der Waals surface area (Å²) >= 11 is 0. The third-order valence-electron chi connectivity index (χ3n) is 4.20. The van der Waals surface area contributed by atoms with Crippen LogP contribution in [0.15, 0.2) is 58.5 Å². The van der Waals surface area contributed by atoms with Crippen molar-refractivity contribution in [3.63, 3.8) is 0 Å². The number of H-pyrrole nitrogens is 1. The number of aromatic amines is 1. The van der Waals surface area contributed by atoms with Crippen LogP contribution in [0.1, 0.15) is 18.4 Å². The summed E-state index contributed by atoms with van der Waals surface area (Å²) in [4.78, 5) is 23.8. The smallest absolute Gasteiger partial charge is 0.303 e. The lowest BCUT2D eigenvalue weighted by molar-refractivity contribution is -0.385. The van der Waals surface area contributed by atoms with Gasteiger partial charge in [-0.1, -0.05) is 24.3 Å². The maximum absolute atomic E-state index is 13.1. The molecular weight excluding hydrogens is 372 g/mol. The van der Waals surface area contributed by atoms with Crippen molar-refractivity contribution in [2.24, 2.45) is 0 Å². The molecule has 0 radical (unpaired) electrons. The van der Waals surface area contributed by atoms with E-state index in [0.717, 1.165) is 6.07 Å². The van der Waals surface area contributed by atoms with Gasteiger partial charge in [-0.3, -0.25) is 14.9 Å². The number of hydrogen-bond acceptors (Lipinski definition) is 5. The zero-order valence-electron chi connectivity index (χ0n) is 14.1. The number of carboxylic acids is 1. The van der Waals surface area contributed by atoms with Crippen molar-refractivity contribution in [1.29, 1.82) is 0 Å². The van der Waals surface area contributed by atoms with Crippen LogP contribution in [0.4, 0.5) is 5.69 Å². The van der Waals surface area contributed by atoms with Crippen molar-refractivity contribution in [3.8, 4) is 0 Å². The first kappa shape index (κ1) is 18.6. The highest BCUT2D eigenvalue weighted by Crippen LogP contribution is 2.32. The molecule has 1 heterocycles. The summed E-state index contributed by atoms with van der Waals surface area (Å²) in [6, 6.07) is 11.9. The fourth-order valence-electron chi connectivity index (χ4n) is 2.95. The highest BCUT2D eigenvalue weighted by Gasteiger charge is 2.26. The van der Waals surface area contributed by atoms with Gasteiger partial charge < -0.3 is 10.1 Å². The fourth-order valence-corrected chi connectivity index (χ4v) is 4.50. The van der Waals surface area contributed by atoms with Crippen LogP contribution in [0.3, 0.4) is 0 Å². The number of rotatable bonds is 7. The van der Waals surface area contributed by atoms with Gasteiger partial charge in [-0.05, 0) is 30.5 Å². The Hall–Kier alpha value is -3.20. The summed E-state index contributed by atoms with van der Waals surface area (Å²) < 4.78 is 26.3. The zero-order valence-corrected chi connectivity index (χ0v) is 14.9. The van der Waals surface area contributed by atoms with Gasteiger partial charge in [0.2, 0.25) is 9.84 Å². The average Bonchev–Trinajstić information content (AvgIpc) is 3.01. The zero-order chi connectivity index (χ0) is 19.6. The monoisotopic (exact) mass is 388 g/mol. The van der Waals surface area contributed by atoms with Crippen molar-refractivity contribution in [2.75, 3.05) is 0 Å². The molecule has 3 aromatic rings. The number of nitro groups is 1. The summed E-state index contributed by atoms with van der Waals surface area (Å²) in [7, 11) is -4.05. The van der Waals surface area contributed by atoms with E-state index < -0.39 is 20.7 Å². The molecule has 140 valence electrons. The van der Waals surface area contributed by atoms with Crippen LogP contribution < -0.4 is 0 Å². The molecule has 0 saturated carbocycles. The summed E-state index contributed by atoms with van der Waals surface area (Å²) in [6.45, 7) is 0. The van der Waals surface area contributed by atoms with Crippen LogP contribution in [0.25, 0.3) is 10.9 Å². The minimum atomic E-state index is -4.05. The quantitative estimate of drug-likeness (QED) is 0.472. The summed E-state index contributed by atoms with van der Waals surface area (Å²) in [5.41, 5.74) is 0.768. The molecule has 2 aromatic carbocycles. The van der Waals surface area contributed by atoms with Gasteiger partial charge in [-0.2, -0.15) is 0 Å². The molecule has 8 nitrogen and oxygen atoms in total. The van der Waals surface area contributed by atoms with Crippen LogP contribution in [0, 0.1) is 10.1 Å². The van der Waals surface area contributed by atoms with E-state index in [1.54, 1.807) is 24.3 Å². The molecule has 2 N–H and O–H groups in total. The Balaban J connectivity index is 2.13. The number of para-hydroxylation sites is 1. The molecule has 0 aliphatic rings. The number of carboxylic acid groups (broad SMARTS) is 1. The van der Waals surface area contributed by atoms with Crippen molar-refractivity contribution >= 4 is 32.4 Å². The molecule has 0 aliphatic carbocycles. The van der Waals surface area contributed by atoms with Gasteiger partial charge in [0.05, 0.1) is 9.82 Å². The minimum Gasteiger partial charge on any atom is -0.481 e. The third-order valence-corrected chi connectivity index (χ3v) is 5.96. The molecular formula is C18H16N2O6S. The molecule has 9 heteroatoms. The van der Waals surface area contributed by atoms with Gasteiger partial charge in [0.25, 0.3) is 5.69 Å². The Kier molecular flexibility index (Phi) is 4.95. The minimum absolute atomic E-state index is 0.0606. The highest BCUT2D eigenvalue weighted by molar-refractivity contribution is 7.91. The molecule has 0 saturated heterocycles. The molecule has 1 aromatic heterocycles. The van der Waals surface area contributed by atoms with Crippen LogP contribution in [0.5, 0.6) is 0 Å². The number of nitrogens with zero attached hydrogens (tertiary/aromatic N) is 1. The number of fused-ring (bicyclic) bond motifs is 1. The first-order chi connectivity index (χ1) is 12.8. The summed E-state index contributed by atoms with van der Waals surface area (Å²) in [5, 5.41) is 20.5. The Bertz CT molecular complexity index is 1130. The number of nitro benzene ring substituents is 1. The normalized spacial score (nSPS) is 11.6. The Morgan fingerprint density at radius 2 is 1.89 bits per heavy atom. The van der Waals surface area contributed by atoms with Crippen LogP contribution in [-0.2, 0) is 21.1 Å². The lowest BCUT2D eigenvalue weighted by atomic mass is 10.1. The largest absolute Gasteiger partial charge is 0.481 e. The SMILES string of the molecule is O=C(O)CCCc1c(S(=O)(=O)c2cccc([N+](=O)[O-])c2)[nH]c2ccccc12. The molecule has 0 fully saturated rings. The topological polar surface area (TPSA) is 130 Å². The van der Waals surface area contributed by atoms with Crippen molar-refractivity contribution < 1.29 is 23.2 Å². The van der Waals surface area contributed by atoms with Crippen molar-refractivity contribution in [3.05, 3.63) is 64.2 Å². The number of aryl methyl sites for hydroxylation is 1. The lowest BCUT2D eigenvalue weighted by Gasteiger charge is -2.06. The molecule has 0 spiro atoms. The number of sulfone groups is 1. The second-order valence-corrected chi connectivity index (χ2v) is 7.87. The number of non-ortho nitro benzene ring substituents is 1. The van der Waals surface area contributed by atoms with Crippen LogP contribution in [0.2, 0.25) is 0 Å². The molecule has 27 heavy (non-hydrogen) atoms. The summed E-state index contributed by atoms with van der Waals surface area (Å²) in [5.74, 6) is -0.960. The third kappa shape index (κ3) is 3.68. The maximum Gasteiger partial charge on any atom is 0.303 e. The van der Waals surface area contributed by atoms with E-state index in [1.807, 2.05) is 0 Å². The van der Waals surface area contributed by atoms with E-state index >= 15 is 0 Å². The van der Waals surface area contributed by atoms with Gasteiger partial charge >= 0.3 is 5.97 Å². The fraction of sp³-hybridized carbons (Fsp3) is 0.167. The molecule has 0 aliphatic heterocycles. The van der Waals surface area contributed by atoms with Gasteiger partial charge in [0, 0.05) is 29.5 Å². The predicted molar refractivity (Wildman–Crippen MR) is 97.4 cm³/mol. The molecule has 3 rings (SSSR count). The number of carbonyl (C=O) groups is 1. The predicted octanol–water partition coefficient (Wildman–Crippen LogP) is 3.32. The van der Waals surface area contributed by atoms with Gasteiger partial charge in [0.15, 0.2) is 0 Å². The van der Waals surface area contributed by atoms with E-state index in [-0.39, 0.29) is 34.9 Å². The molecule has 0 amide bonds. The van der Waals surface area contributed by atoms with Crippen LogP contribution >= 0.6 is 0 Å². The van der Waals surface area contributed by atoms with Gasteiger partial charge in [0.1, 0.15) is 5.03 Å². The number of aromatic nitrogens is 1. The highest BCUT2D eigenvalue weighted by atomic mass is 32.2. The van der Waals surface area contributed by atoms with E-state index in [4.69, 9.17) is 5.11 Å². The standard InChI is InChI=1S/C18H16N2O6S/c21-17(22)10-4-8-15-14-7-1-2-9-16(14)19-18(15)27(25,26)13-6-3-5-12(11-13)20(23)24/h1-3,5-7,9,11,19H,4,8,10H2,(H,21,22). The number of nitrogens with one attached hydrogen (secondary N) is 1. The number of hydrogen-bond donors (Lipinski definition) is 2. The number of benzene rings is 2. The van der Waals surface area contributed by atoms with Gasteiger partial charge in [-0.25, -0.2) is 8.42 Å². The molecule has 0 unspecified atom stereocenters. The van der Waals surface area contributed by atoms with E-state index in [2.05, 4.69) is 4.98 Å². The van der Waals surface area contributed by atoms with E-state index in [9.17, 15) is 23.3 Å². The maximum atomic E-state index is 13.1. The number of aliphatic carboxylic acids is 1. The second-order valence-electron chi connectivity index (χ2n) is 5.98. The average molecular weight is 388 g/mol. The van der Waals surface area contributed by atoms with Crippen molar-refractivity contribution in [2.45, 2.75) is 29.2 Å². The Morgan fingerprint density at radius 3 is 2.59 bits per heavy atom. The molecule has 0 bridgehead atoms. The Labute approximate surface area is 154 Å². The van der Waals surface area contributed by atoms with Gasteiger partial charge in [-0.15, -0.1) is 0 Å². The lowest BCUT2D eigenvalue weighted by Crippen LogP contribution is -2.07. The first-order valence-electron chi connectivity index (χ1n) is 8.11. The van der Waals surface area contributed by atoms with E-state index in [0.29, 0.717) is 16.5 Å². The Morgan fingerprint density at radius 1 is 1.15 bits per heavy atom. The molecule has 0 atom stereocenters. The van der Waals surface area contributed by atoms with E-state index in [1.165, 1.54) is 18.2 Å². The summed E-state index contributed by atoms with van der Waals surface area (Å²) in [6.07, 6.45) is 0.435. The van der Waals surface area contributed by atoms with Crippen LogP contribution in [-0.4, -0.2) is 29.4 Å². The second kappa shape index (κ2) is 7.20. The van der Waals surface area contributed by atoms with Crippen molar-refractivity contribution in [1.82, 2.24) is 4.98 Å².